The Labute approximate surface area is 129 Å². The minimum atomic E-state index is 0.604. The fourth-order valence-electron chi connectivity index (χ4n) is 2.91. The van der Waals surface area contributed by atoms with E-state index in [1.54, 1.807) is 0 Å². The van der Waals surface area contributed by atoms with Crippen LogP contribution in [0.1, 0.15) is 35.4 Å². The number of hydrogen-bond acceptors (Lipinski definition) is 1. The number of anilines is 1. The molecule has 2 aromatic rings. The predicted octanol–water partition coefficient (Wildman–Crippen LogP) is 5.42. The number of aryl methyl sites for hydroxylation is 2. The van der Waals surface area contributed by atoms with Gasteiger partial charge in [0.05, 0.1) is 0 Å². The number of benzene rings is 2. The predicted molar refractivity (Wildman–Crippen MR) is 89.4 cm³/mol. The van der Waals surface area contributed by atoms with Crippen LogP contribution in [0.3, 0.4) is 0 Å². The summed E-state index contributed by atoms with van der Waals surface area (Å²) in [6.07, 6.45) is 2.44. The van der Waals surface area contributed by atoms with E-state index in [-0.39, 0.29) is 0 Å². The van der Waals surface area contributed by atoms with Gasteiger partial charge in [0.15, 0.2) is 0 Å². The van der Waals surface area contributed by atoms with Crippen LogP contribution in [-0.2, 0) is 0 Å². The molecule has 3 rings (SSSR count). The van der Waals surface area contributed by atoms with E-state index in [0.717, 1.165) is 0 Å². The Bertz CT molecular complexity index is 615. The molecule has 0 unspecified atom stereocenters. The highest BCUT2D eigenvalue weighted by Gasteiger charge is 2.31. The van der Waals surface area contributed by atoms with Crippen LogP contribution in [0.15, 0.2) is 46.9 Å². The van der Waals surface area contributed by atoms with Crippen molar-refractivity contribution in [3.05, 3.63) is 63.6 Å². The maximum Gasteiger partial charge on any atom is 0.0374 e. The first-order chi connectivity index (χ1) is 9.63. The quantitative estimate of drug-likeness (QED) is 0.792. The number of hydrogen-bond donors (Lipinski definition) is 1. The van der Waals surface area contributed by atoms with E-state index in [4.69, 9.17) is 0 Å². The van der Waals surface area contributed by atoms with Crippen molar-refractivity contribution in [3.63, 3.8) is 0 Å². The van der Waals surface area contributed by atoms with Crippen molar-refractivity contribution < 1.29 is 0 Å². The van der Waals surface area contributed by atoms with Crippen LogP contribution in [0.2, 0.25) is 0 Å². The molecule has 1 aliphatic carbocycles. The summed E-state index contributed by atoms with van der Waals surface area (Å²) in [5, 5.41) is 3.69. The van der Waals surface area contributed by atoms with Crippen molar-refractivity contribution in [1.82, 2.24) is 0 Å². The second-order valence-corrected chi connectivity index (χ2v) is 6.70. The lowest BCUT2D eigenvalue weighted by molar-refractivity contribution is 0.373. The topological polar surface area (TPSA) is 12.0 Å². The van der Waals surface area contributed by atoms with Gasteiger partial charge in [-0.1, -0.05) is 46.3 Å². The highest BCUT2D eigenvalue weighted by atomic mass is 79.9. The molecular weight excluding hydrogens is 310 g/mol. The zero-order valence-corrected chi connectivity index (χ0v) is 13.6. The summed E-state index contributed by atoms with van der Waals surface area (Å²) in [5.41, 5.74) is 5.40. The van der Waals surface area contributed by atoms with E-state index >= 15 is 0 Å². The smallest absolute Gasteiger partial charge is 0.0374 e. The summed E-state index contributed by atoms with van der Waals surface area (Å²) in [4.78, 5) is 0. The van der Waals surface area contributed by atoms with Crippen LogP contribution in [-0.4, -0.2) is 6.04 Å². The van der Waals surface area contributed by atoms with Crippen LogP contribution >= 0.6 is 15.9 Å². The first kappa shape index (κ1) is 13.7. The van der Waals surface area contributed by atoms with Gasteiger partial charge in [-0.3, -0.25) is 0 Å². The second-order valence-electron chi connectivity index (χ2n) is 5.85. The van der Waals surface area contributed by atoms with E-state index < -0.39 is 0 Å². The van der Waals surface area contributed by atoms with E-state index in [9.17, 15) is 0 Å². The average molecular weight is 330 g/mol. The molecule has 0 aromatic heterocycles. The fraction of sp³-hybridized carbons (Fsp3) is 0.333. The molecule has 0 spiro atoms. The number of rotatable bonds is 3. The zero-order valence-electron chi connectivity index (χ0n) is 12.0. The van der Waals surface area contributed by atoms with E-state index in [1.165, 1.54) is 39.7 Å². The Morgan fingerprint density at radius 3 is 2.55 bits per heavy atom. The van der Waals surface area contributed by atoms with Crippen molar-refractivity contribution >= 4 is 21.6 Å². The summed E-state index contributed by atoms with van der Waals surface area (Å²) >= 11 is 3.66. The van der Waals surface area contributed by atoms with Crippen molar-refractivity contribution in [2.45, 2.75) is 38.6 Å². The van der Waals surface area contributed by atoms with Crippen LogP contribution in [0.25, 0.3) is 0 Å². The molecule has 0 bridgehead atoms. The number of nitrogens with one attached hydrogen (secondary N) is 1. The molecule has 0 heterocycles. The third-order valence-corrected chi connectivity index (χ3v) is 4.96. The first-order valence-electron chi connectivity index (χ1n) is 7.21. The molecular formula is C18H20BrN. The van der Waals surface area contributed by atoms with E-state index in [1.807, 2.05) is 0 Å². The largest absolute Gasteiger partial charge is 0.382 e. The summed E-state index contributed by atoms with van der Waals surface area (Å²) in [5.74, 6) is 0.688. The molecule has 20 heavy (non-hydrogen) atoms. The molecule has 2 aromatic carbocycles. The molecule has 1 N–H and O–H groups in total. The Balaban J connectivity index is 1.64. The van der Waals surface area contributed by atoms with E-state index in [0.29, 0.717) is 12.0 Å². The van der Waals surface area contributed by atoms with Gasteiger partial charge in [-0.2, -0.15) is 0 Å². The summed E-state index contributed by atoms with van der Waals surface area (Å²) < 4.78 is 1.25. The minimum Gasteiger partial charge on any atom is -0.382 e. The third-order valence-electron chi connectivity index (χ3n) is 4.24. The van der Waals surface area contributed by atoms with Gasteiger partial charge in [0, 0.05) is 16.2 Å². The maximum atomic E-state index is 3.69. The van der Waals surface area contributed by atoms with Crippen molar-refractivity contribution in [1.29, 1.82) is 0 Å². The molecule has 0 saturated heterocycles. The van der Waals surface area contributed by atoms with Crippen molar-refractivity contribution in [2.24, 2.45) is 0 Å². The van der Waals surface area contributed by atoms with Gasteiger partial charge < -0.3 is 5.32 Å². The van der Waals surface area contributed by atoms with Crippen LogP contribution in [0.5, 0.6) is 0 Å². The van der Waals surface area contributed by atoms with Gasteiger partial charge >= 0.3 is 0 Å². The first-order valence-corrected chi connectivity index (χ1v) is 8.01. The lowest BCUT2D eigenvalue weighted by Crippen LogP contribution is -2.34. The second kappa shape index (κ2) is 5.61. The third kappa shape index (κ3) is 2.76. The normalized spacial score (nSPS) is 21.4. The SMILES string of the molecule is Cc1ccc(C)c(NC2CC(c3ccccc3Br)C2)c1. The molecule has 104 valence electrons. The van der Waals surface area contributed by atoms with Crippen LogP contribution < -0.4 is 5.32 Å². The van der Waals surface area contributed by atoms with Crippen LogP contribution in [0, 0.1) is 13.8 Å². The summed E-state index contributed by atoms with van der Waals surface area (Å²) in [7, 11) is 0. The minimum absolute atomic E-state index is 0.604. The molecule has 0 atom stereocenters. The maximum absolute atomic E-state index is 3.69. The fourth-order valence-corrected chi connectivity index (χ4v) is 3.52. The number of halogens is 1. The van der Waals surface area contributed by atoms with Crippen LogP contribution in [0.4, 0.5) is 5.69 Å². The highest BCUT2D eigenvalue weighted by molar-refractivity contribution is 9.10. The molecule has 1 nitrogen and oxygen atoms in total. The van der Waals surface area contributed by atoms with Gasteiger partial charge in [-0.25, -0.2) is 0 Å². The Morgan fingerprint density at radius 1 is 1.05 bits per heavy atom. The van der Waals surface area contributed by atoms with Gasteiger partial charge in [0.1, 0.15) is 0 Å². The van der Waals surface area contributed by atoms with Gasteiger partial charge in [-0.05, 0) is 61.4 Å². The molecule has 0 radical (unpaired) electrons. The standard InChI is InChI=1S/C18H20BrN/c1-12-7-8-13(2)18(9-12)20-15-10-14(11-15)16-5-3-4-6-17(16)19/h3-9,14-15,20H,10-11H2,1-2H3. The van der Waals surface area contributed by atoms with Gasteiger partial charge in [0.25, 0.3) is 0 Å². The monoisotopic (exact) mass is 329 g/mol. The van der Waals surface area contributed by atoms with Gasteiger partial charge in [0.2, 0.25) is 0 Å². The molecule has 1 saturated carbocycles. The summed E-state index contributed by atoms with van der Waals surface area (Å²) in [6, 6.07) is 15.8. The molecule has 1 aliphatic rings. The lowest BCUT2D eigenvalue weighted by Gasteiger charge is -2.37. The molecule has 0 amide bonds. The Hall–Kier alpha value is -1.28. The Kier molecular flexibility index (Phi) is 3.84. The zero-order chi connectivity index (χ0) is 14.1. The average Bonchev–Trinajstić information content (AvgIpc) is 2.38. The highest BCUT2D eigenvalue weighted by Crippen LogP contribution is 2.41. The molecule has 0 aliphatic heterocycles. The Morgan fingerprint density at radius 2 is 1.80 bits per heavy atom. The van der Waals surface area contributed by atoms with Crippen molar-refractivity contribution in [2.75, 3.05) is 5.32 Å². The molecule has 2 heteroatoms. The van der Waals surface area contributed by atoms with E-state index in [2.05, 4.69) is 77.6 Å². The van der Waals surface area contributed by atoms with Gasteiger partial charge in [-0.15, -0.1) is 0 Å². The summed E-state index contributed by atoms with van der Waals surface area (Å²) in [6.45, 7) is 4.32. The van der Waals surface area contributed by atoms with Crippen molar-refractivity contribution in [3.8, 4) is 0 Å². The lowest BCUT2D eigenvalue weighted by atomic mass is 9.75. The molecule has 1 fully saturated rings.